The third kappa shape index (κ3) is 5.44. The Morgan fingerprint density at radius 3 is 2.48 bits per heavy atom. The van der Waals surface area contributed by atoms with Gasteiger partial charge in [-0.15, -0.1) is 0 Å². The average molecular weight is 375 g/mol. The van der Waals surface area contributed by atoms with Crippen molar-refractivity contribution in [1.29, 1.82) is 0 Å². The lowest BCUT2D eigenvalue weighted by Gasteiger charge is -2.34. The standard InChI is InChI=1S/C21H30FN3O2/c1-15(17-8-5-9-18(22)14-17)23-21(27)25-12-10-19(11-13-25)24-20(26)16-6-3-2-4-7-16/h5,8-9,14-16,19H,2-4,6-7,10-13H2,1H3,(H,23,27)(H,24,26)/t15-/m1/s1. The summed E-state index contributed by atoms with van der Waals surface area (Å²) in [6, 6.07) is 6.06. The van der Waals surface area contributed by atoms with Crippen molar-refractivity contribution in [2.75, 3.05) is 13.1 Å². The molecular formula is C21H30FN3O2. The second-order valence-corrected chi connectivity index (χ2v) is 7.83. The molecule has 2 fully saturated rings. The number of likely N-dealkylation sites (tertiary alicyclic amines) is 1. The van der Waals surface area contributed by atoms with Gasteiger partial charge in [-0.05, 0) is 50.3 Å². The van der Waals surface area contributed by atoms with Crippen LogP contribution < -0.4 is 10.6 Å². The lowest BCUT2D eigenvalue weighted by Crippen LogP contribution is -2.50. The minimum Gasteiger partial charge on any atom is -0.353 e. The molecule has 0 aromatic heterocycles. The second-order valence-electron chi connectivity index (χ2n) is 7.83. The molecule has 0 unspecified atom stereocenters. The van der Waals surface area contributed by atoms with Gasteiger partial charge >= 0.3 is 6.03 Å². The van der Waals surface area contributed by atoms with Crippen LogP contribution in [0.1, 0.15) is 63.5 Å². The lowest BCUT2D eigenvalue weighted by molar-refractivity contribution is -0.126. The van der Waals surface area contributed by atoms with E-state index in [1.165, 1.54) is 18.6 Å². The van der Waals surface area contributed by atoms with Crippen molar-refractivity contribution >= 4 is 11.9 Å². The van der Waals surface area contributed by atoms with Crippen LogP contribution in [0.4, 0.5) is 9.18 Å². The highest BCUT2D eigenvalue weighted by atomic mass is 19.1. The van der Waals surface area contributed by atoms with E-state index >= 15 is 0 Å². The van der Waals surface area contributed by atoms with E-state index < -0.39 is 0 Å². The third-order valence-electron chi connectivity index (χ3n) is 5.79. The van der Waals surface area contributed by atoms with Crippen molar-refractivity contribution in [2.24, 2.45) is 5.92 Å². The molecule has 27 heavy (non-hydrogen) atoms. The van der Waals surface area contributed by atoms with Crippen LogP contribution >= 0.6 is 0 Å². The summed E-state index contributed by atoms with van der Waals surface area (Å²) in [5.41, 5.74) is 0.748. The molecule has 2 N–H and O–H groups in total. The van der Waals surface area contributed by atoms with Gasteiger partial charge in [0.15, 0.2) is 0 Å². The molecule has 5 nitrogen and oxygen atoms in total. The molecule has 6 heteroatoms. The van der Waals surface area contributed by atoms with Gasteiger partial charge in [-0.1, -0.05) is 31.4 Å². The molecule has 1 saturated heterocycles. The molecule has 3 rings (SSSR count). The third-order valence-corrected chi connectivity index (χ3v) is 5.79. The van der Waals surface area contributed by atoms with Crippen LogP contribution in [0, 0.1) is 11.7 Å². The largest absolute Gasteiger partial charge is 0.353 e. The maximum Gasteiger partial charge on any atom is 0.317 e. The molecule has 1 heterocycles. The summed E-state index contributed by atoms with van der Waals surface area (Å²) < 4.78 is 13.3. The van der Waals surface area contributed by atoms with Crippen LogP contribution in [0.25, 0.3) is 0 Å². The minimum absolute atomic E-state index is 0.135. The molecule has 1 aromatic rings. The highest BCUT2D eigenvalue weighted by Gasteiger charge is 2.27. The second kappa shape index (κ2) is 9.20. The Morgan fingerprint density at radius 1 is 1.11 bits per heavy atom. The molecule has 0 spiro atoms. The first-order valence-electron chi connectivity index (χ1n) is 10.1. The Bertz CT molecular complexity index is 653. The summed E-state index contributed by atoms with van der Waals surface area (Å²) in [6.07, 6.45) is 7.11. The fourth-order valence-corrected chi connectivity index (χ4v) is 4.05. The predicted octanol–water partition coefficient (Wildman–Crippen LogP) is 3.76. The molecule has 1 aliphatic heterocycles. The average Bonchev–Trinajstić information content (AvgIpc) is 2.69. The summed E-state index contributed by atoms with van der Waals surface area (Å²) >= 11 is 0. The van der Waals surface area contributed by atoms with Crippen LogP contribution in [0.15, 0.2) is 24.3 Å². The maximum absolute atomic E-state index is 13.3. The number of carbonyl (C=O) groups excluding carboxylic acids is 2. The number of urea groups is 1. The number of benzene rings is 1. The number of nitrogens with one attached hydrogen (secondary N) is 2. The fraction of sp³-hybridized carbons (Fsp3) is 0.619. The van der Waals surface area contributed by atoms with Crippen molar-refractivity contribution in [3.8, 4) is 0 Å². The Morgan fingerprint density at radius 2 is 1.81 bits per heavy atom. The van der Waals surface area contributed by atoms with E-state index in [1.54, 1.807) is 17.0 Å². The zero-order valence-electron chi connectivity index (χ0n) is 16.0. The van der Waals surface area contributed by atoms with Crippen molar-refractivity contribution < 1.29 is 14.0 Å². The van der Waals surface area contributed by atoms with Gasteiger partial charge in [-0.2, -0.15) is 0 Å². The van der Waals surface area contributed by atoms with Gasteiger partial charge in [0, 0.05) is 25.0 Å². The summed E-state index contributed by atoms with van der Waals surface area (Å²) in [5.74, 6) is 0.0626. The number of hydrogen-bond donors (Lipinski definition) is 2. The van der Waals surface area contributed by atoms with Gasteiger partial charge in [0.25, 0.3) is 0 Å². The van der Waals surface area contributed by atoms with Gasteiger partial charge in [0.05, 0.1) is 6.04 Å². The van der Waals surface area contributed by atoms with E-state index in [0.717, 1.165) is 44.1 Å². The number of rotatable bonds is 4. The smallest absolute Gasteiger partial charge is 0.317 e. The number of nitrogens with zero attached hydrogens (tertiary/aromatic N) is 1. The number of amides is 3. The highest BCUT2D eigenvalue weighted by Crippen LogP contribution is 2.24. The van der Waals surface area contributed by atoms with Crippen LogP contribution in [-0.2, 0) is 4.79 Å². The first-order valence-corrected chi connectivity index (χ1v) is 10.1. The highest BCUT2D eigenvalue weighted by molar-refractivity contribution is 5.79. The summed E-state index contributed by atoms with van der Waals surface area (Å²) in [7, 11) is 0. The van der Waals surface area contributed by atoms with Crippen molar-refractivity contribution in [1.82, 2.24) is 15.5 Å². The Labute approximate surface area is 160 Å². The first-order chi connectivity index (χ1) is 13.0. The maximum atomic E-state index is 13.3. The molecule has 1 aliphatic carbocycles. The first kappa shape index (κ1) is 19.6. The van der Waals surface area contributed by atoms with Gasteiger partial charge in [-0.25, -0.2) is 9.18 Å². The summed E-state index contributed by atoms with van der Waals surface area (Å²) in [5, 5.41) is 6.12. The lowest BCUT2D eigenvalue weighted by atomic mass is 9.88. The predicted molar refractivity (Wildman–Crippen MR) is 103 cm³/mol. The summed E-state index contributed by atoms with van der Waals surface area (Å²) in [6.45, 7) is 3.10. The van der Waals surface area contributed by atoms with E-state index in [4.69, 9.17) is 0 Å². The summed E-state index contributed by atoms with van der Waals surface area (Å²) in [4.78, 5) is 26.6. The molecule has 1 atom stereocenters. The fourth-order valence-electron chi connectivity index (χ4n) is 4.05. The molecule has 2 aliphatic rings. The Hall–Kier alpha value is -2.11. The van der Waals surface area contributed by atoms with Gasteiger partial charge in [-0.3, -0.25) is 4.79 Å². The van der Waals surface area contributed by atoms with Crippen molar-refractivity contribution in [3.63, 3.8) is 0 Å². The Kier molecular flexibility index (Phi) is 6.69. The van der Waals surface area contributed by atoms with Crippen molar-refractivity contribution in [2.45, 2.75) is 64.0 Å². The van der Waals surface area contributed by atoms with E-state index in [1.807, 2.05) is 6.92 Å². The van der Waals surface area contributed by atoms with Crippen molar-refractivity contribution in [3.05, 3.63) is 35.6 Å². The molecule has 1 saturated carbocycles. The van der Waals surface area contributed by atoms with Crippen LogP contribution in [0.5, 0.6) is 0 Å². The van der Waals surface area contributed by atoms with Crippen LogP contribution in [0.2, 0.25) is 0 Å². The zero-order chi connectivity index (χ0) is 19.2. The van der Waals surface area contributed by atoms with Gasteiger partial charge in [0.1, 0.15) is 5.82 Å². The van der Waals surface area contributed by atoms with Gasteiger partial charge in [0.2, 0.25) is 5.91 Å². The van der Waals surface area contributed by atoms with Crippen LogP contribution in [0.3, 0.4) is 0 Å². The molecule has 0 radical (unpaired) electrons. The Balaban J connectivity index is 1.43. The number of halogens is 1. The SMILES string of the molecule is C[C@@H](NC(=O)N1CCC(NC(=O)C2CCCCC2)CC1)c1cccc(F)c1. The number of carbonyl (C=O) groups is 2. The number of piperidine rings is 1. The number of hydrogen-bond acceptors (Lipinski definition) is 2. The van der Waals surface area contributed by atoms with E-state index in [2.05, 4.69) is 10.6 Å². The normalized spacial score (nSPS) is 20.1. The zero-order valence-corrected chi connectivity index (χ0v) is 16.0. The topological polar surface area (TPSA) is 61.4 Å². The van der Waals surface area contributed by atoms with E-state index in [9.17, 15) is 14.0 Å². The van der Waals surface area contributed by atoms with Gasteiger partial charge < -0.3 is 15.5 Å². The van der Waals surface area contributed by atoms with Crippen LogP contribution in [-0.4, -0.2) is 36.0 Å². The van der Waals surface area contributed by atoms with E-state index in [-0.39, 0.29) is 35.8 Å². The molecule has 148 valence electrons. The minimum atomic E-state index is -0.303. The molecule has 1 aromatic carbocycles. The monoisotopic (exact) mass is 375 g/mol. The quantitative estimate of drug-likeness (QED) is 0.842. The molecule has 3 amide bonds. The molecular weight excluding hydrogens is 345 g/mol. The molecule has 0 bridgehead atoms. The van der Waals surface area contributed by atoms with E-state index in [0.29, 0.717) is 13.1 Å².